The number of rotatable bonds is 5. The maximum Gasteiger partial charge on any atom is 0.145 e. The molecule has 0 spiro atoms. The van der Waals surface area contributed by atoms with Crippen LogP contribution in [0.15, 0.2) is 48.7 Å². The van der Waals surface area contributed by atoms with Gasteiger partial charge in [0.15, 0.2) is 0 Å². The lowest BCUT2D eigenvalue weighted by atomic mass is 10.2. The van der Waals surface area contributed by atoms with Gasteiger partial charge in [0, 0.05) is 18.7 Å². The third kappa shape index (κ3) is 3.57. The topological polar surface area (TPSA) is 34.1 Å². The highest BCUT2D eigenvalue weighted by molar-refractivity contribution is 5.29. The molecule has 1 aromatic carbocycles. The van der Waals surface area contributed by atoms with Gasteiger partial charge in [0.25, 0.3) is 0 Å². The van der Waals surface area contributed by atoms with E-state index in [2.05, 4.69) is 10.3 Å². The van der Waals surface area contributed by atoms with Gasteiger partial charge < -0.3 is 10.1 Å². The number of pyridine rings is 1. The third-order valence-corrected chi connectivity index (χ3v) is 2.41. The zero-order valence-corrected chi connectivity index (χ0v) is 9.89. The van der Waals surface area contributed by atoms with E-state index in [-0.39, 0.29) is 0 Å². The Bertz CT molecular complexity index is 440. The molecule has 3 heteroatoms. The summed E-state index contributed by atoms with van der Waals surface area (Å²) >= 11 is 0. The summed E-state index contributed by atoms with van der Waals surface area (Å²) in [6.45, 7) is 0.936. The van der Waals surface area contributed by atoms with Crippen molar-refractivity contribution < 1.29 is 4.74 Å². The first kappa shape index (κ1) is 11.6. The predicted octanol–water partition coefficient (Wildman–Crippen LogP) is 2.64. The first-order chi connectivity index (χ1) is 8.38. The average molecular weight is 228 g/mol. The quantitative estimate of drug-likeness (QED) is 0.854. The van der Waals surface area contributed by atoms with Gasteiger partial charge in [0.2, 0.25) is 0 Å². The molecule has 2 aromatic rings. The second-order valence-corrected chi connectivity index (χ2v) is 3.75. The number of para-hydroxylation sites is 1. The Kier molecular flexibility index (Phi) is 4.11. The maximum absolute atomic E-state index is 5.66. The fourth-order valence-electron chi connectivity index (χ4n) is 1.50. The lowest BCUT2D eigenvalue weighted by Gasteiger charge is -2.05. The Morgan fingerprint density at radius 2 is 1.88 bits per heavy atom. The van der Waals surface area contributed by atoms with Crippen LogP contribution in [-0.4, -0.2) is 18.6 Å². The third-order valence-electron chi connectivity index (χ3n) is 2.41. The lowest BCUT2D eigenvalue weighted by molar-refractivity contribution is 0.479. The van der Waals surface area contributed by atoms with Crippen molar-refractivity contribution in [1.82, 2.24) is 10.3 Å². The molecule has 0 atom stereocenters. The van der Waals surface area contributed by atoms with Crippen LogP contribution in [0.1, 0.15) is 5.69 Å². The molecular weight excluding hydrogens is 212 g/mol. The molecule has 88 valence electrons. The van der Waals surface area contributed by atoms with Crippen LogP contribution in [0.5, 0.6) is 11.5 Å². The zero-order chi connectivity index (χ0) is 11.9. The molecule has 1 N–H and O–H groups in total. The Morgan fingerprint density at radius 1 is 1.06 bits per heavy atom. The number of hydrogen-bond donors (Lipinski definition) is 1. The van der Waals surface area contributed by atoms with Gasteiger partial charge in [-0.15, -0.1) is 0 Å². The van der Waals surface area contributed by atoms with Crippen LogP contribution in [0.3, 0.4) is 0 Å². The summed E-state index contributed by atoms with van der Waals surface area (Å²) in [5, 5.41) is 3.10. The predicted molar refractivity (Wildman–Crippen MR) is 68.4 cm³/mol. The summed E-state index contributed by atoms with van der Waals surface area (Å²) in [5.74, 6) is 1.60. The van der Waals surface area contributed by atoms with Crippen molar-refractivity contribution in [3.8, 4) is 11.5 Å². The van der Waals surface area contributed by atoms with E-state index in [1.165, 1.54) is 0 Å². The van der Waals surface area contributed by atoms with E-state index in [0.29, 0.717) is 0 Å². The van der Waals surface area contributed by atoms with Crippen molar-refractivity contribution in [3.05, 3.63) is 54.4 Å². The molecule has 0 amide bonds. The van der Waals surface area contributed by atoms with Crippen molar-refractivity contribution in [2.24, 2.45) is 0 Å². The highest BCUT2D eigenvalue weighted by atomic mass is 16.5. The van der Waals surface area contributed by atoms with E-state index in [1.54, 1.807) is 6.20 Å². The minimum absolute atomic E-state index is 0.768. The monoisotopic (exact) mass is 228 g/mol. The van der Waals surface area contributed by atoms with E-state index < -0.39 is 0 Å². The van der Waals surface area contributed by atoms with Gasteiger partial charge in [0.1, 0.15) is 11.5 Å². The molecule has 1 aromatic heterocycles. The van der Waals surface area contributed by atoms with Crippen molar-refractivity contribution in [1.29, 1.82) is 0 Å². The Morgan fingerprint density at radius 3 is 2.53 bits per heavy atom. The van der Waals surface area contributed by atoms with Crippen molar-refractivity contribution in [2.75, 3.05) is 13.6 Å². The van der Waals surface area contributed by atoms with Crippen LogP contribution in [0.25, 0.3) is 0 Å². The zero-order valence-electron chi connectivity index (χ0n) is 9.89. The SMILES string of the molecule is CNCCc1ccc(Oc2ccccc2)cn1. The maximum atomic E-state index is 5.66. The fraction of sp³-hybridized carbons (Fsp3) is 0.214. The minimum atomic E-state index is 0.768. The summed E-state index contributed by atoms with van der Waals surface area (Å²) in [6, 6.07) is 13.7. The Balaban J connectivity index is 1.98. The summed E-state index contributed by atoms with van der Waals surface area (Å²) < 4.78 is 5.66. The second kappa shape index (κ2) is 6.01. The van der Waals surface area contributed by atoms with Gasteiger partial charge in [-0.25, -0.2) is 0 Å². The molecule has 0 unspecified atom stereocenters. The molecule has 0 fully saturated rings. The highest BCUT2D eigenvalue weighted by Crippen LogP contribution is 2.19. The smallest absolute Gasteiger partial charge is 0.145 e. The molecule has 3 nitrogen and oxygen atoms in total. The number of nitrogens with one attached hydrogen (secondary N) is 1. The normalized spacial score (nSPS) is 10.2. The number of hydrogen-bond acceptors (Lipinski definition) is 3. The van der Waals surface area contributed by atoms with Gasteiger partial charge in [0.05, 0.1) is 6.20 Å². The lowest BCUT2D eigenvalue weighted by Crippen LogP contribution is -2.10. The van der Waals surface area contributed by atoms with Crippen LogP contribution in [-0.2, 0) is 6.42 Å². The molecule has 0 bridgehead atoms. The summed E-state index contributed by atoms with van der Waals surface area (Å²) in [5.41, 5.74) is 1.07. The molecule has 0 aliphatic heterocycles. The van der Waals surface area contributed by atoms with E-state index in [9.17, 15) is 0 Å². The Labute approximate surface area is 101 Å². The van der Waals surface area contributed by atoms with Crippen molar-refractivity contribution in [3.63, 3.8) is 0 Å². The van der Waals surface area contributed by atoms with Crippen molar-refractivity contribution >= 4 is 0 Å². The summed E-state index contributed by atoms with van der Waals surface area (Å²) in [6.07, 6.45) is 2.69. The van der Waals surface area contributed by atoms with Gasteiger partial charge in [-0.1, -0.05) is 18.2 Å². The average Bonchev–Trinajstić information content (AvgIpc) is 2.39. The van der Waals surface area contributed by atoms with Gasteiger partial charge >= 0.3 is 0 Å². The molecule has 2 rings (SSSR count). The van der Waals surface area contributed by atoms with Crippen LogP contribution in [0.4, 0.5) is 0 Å². The first-order valence-electron chi connectivity index (χ1n) is 5.71. The first-order valence-corrected chi connectivity index (χ1v) is 5.71. The van der Waals surface area contributed by atoms with E-state index in [4.69, 9.17) is 4.74 Å². The minimum Gasteiger partial charge on any atom is -0.456 e. The molecule has 0 aliphatic carbocycles. The highest BCUT2D eigenvalue weighted by Gasteiger charge is 1.98. The standard InChI is InChI=1S/C14H16N2O/c1-15-10-9-12-7-8-14(11-16-12)17-13-5-3-2-4-6-13/h2-8,11,15H,9-10H2,1H3. The van der Waals surface area contributed by atoms with Gasteiger partial charge in [-0.2, -0.15) is 0 Å². The molecule has 0 radical (unpaired) electrons. The van der Waals surface area contributed by atoms with E-state index in [0.717, 1.165) is 30.2 Å². The molecule has 0 saturated carbocycles. The van der Waals surface area contributed by atoms with Gasteiger partial charge in [-0.05, 0) is 31.3 Å². The van der Waals surface area contributed by atoms with E-state index in [1.807, 2.05) is 49.5 Å². The molecule has 1 heterocycles. The van der Waals surface area contributed by atoms with Crippen LogP contribution < -0.4 is 10.1 Å². The van der Waals surface area contributed by atoms with Crippen molar-refractivity contribution in [2.45, 2.75) is 6.42 Å². The number of ether oxygens (including phenoxy) is 1. The second-order valence-electron chi connectivity index (χ2n) is 3.75. The molecule has 0 saturated heterocycles. The van der Waals surface area contributed by atoms with Gasteiger partial charge in [-0.3, -0.25) is 4.98 Å². The summed E-state index contributed by atoms with van der Waals surface area (Å²) in [7, 11) is 1.94. The van der Waals surface area contributed by atoms with Crippen LogP contribution in [0, 0.1) is 0 Å². The summed E-state index contributed by atoms with van der Waals surface area (Å²) in [4.78, 5) is 4.35. The van der Waals surface area contributed by atoms with Crippen LogP contribution in [0.2, 0.25) is 0 Å². The van der Waals surface area contributed by atoms with Crippen LogP contribution >= 0.6 is 0 Å². The molecule has 0 aliphatic rings. The molecular formula is C14H16N2O. The number of aromatic nitrogens is 1. The number of benzene rings is 1. The Hall–Kier alpha value is -1.87. The molecule has 17 heavy (non-hydrogen) atoms. The fourth-order valence-corrected chi connectivity index (χ4v) is 1.50. The number of nitrogens with zero attached hydrogens (tertiary/aromatic N) is 1. The van der Waals surface area contributed by atoms with E-state index >= 15 is 0 Å². The number of likely N-dealkylation sites (N-methyl/N-ethyl adjacent to an activating group) is 1. The largest absolute Gasteiger partial charge is 0.456 e.